The van der Waals surface area contributed by atoms with Gasteiger partial charge in [0.1, 0.15) is 5.82 Å². The fourth-order valence-electron chi connectivity index (χ4n) is 4.61. The molecule has 1 amide bonds. The van der Waals surface area contributed by atoms with Gasteiger partial charge in [0.15, 0.2) is 6.10 Å². The first-order valence-corrected chi connectivity index (χ1v) is 12.1. The number of amides is 1. The molecule has 5 rings (SSSR count). The Morgan fingerprint density at radius 2 is 1.39 bits per heavy atom. The van der Waals surface area contributed by atoms with Crippen LogP contribution in [0.15, 0.2) is 120 Å². The molecule has 1 atom stereocenters. The fraction of sp³-hybridized carbons (Fsp3) is 0.161. The standard InChI is InChI=1S/C31H27FN2O2/c32-28-19-11-10-18-27(28)29-20-26(36-33-29)22-34(21-23-12-4-1-5-13-23)31(35)30(24-14-6-2-7-15-24)25-16-8-3-9-17-25/h1-19,26,30H,20-22H2. The van der Waals surface area contributed by atoms with Crippen molar-refractivity contribution in [1.29, 1.82) is 0 Å². The molecule has 4 aromatic carbocycles. The van der Waals surface area contributed by atoms with E-state index in [1.807, 2.05) is 95.9 Å². The second-order valence-electron chi connectivity index (χ2n) is 8.91. The lowest BCUT2D eigenvalue weighted by Gasteiger charge is -2.29. The minimum atomic E-state index is -0.454. The average molecular weight is 479 g/mol. The van der Waals surface area contributed by atoms with E-state index in [2.05, 4.69) is 5.16 Å². The molecular weight excluding hydrogens is 451 g/mol. The van der Waals surface area contributed by atoms with Crippen LogP contribution in [0.5, 0.6) is 0 Å². The summed E-state index contributed by atoms with van der Waals surface area (Å²) in [7, 11) is 0. The maximum absolute atomic E-state index is 14.3. The molecule has 0 aromatic heterocycles. The topological polar surface area (TPSA) is 41.9 Å². The zero-order valence-corrected chi connectivity index (χ0v) is 19.8. The lowest BCUT2D eigenvalue weighted by molar-refractivity contribution is -0.134. The Bertz CT molecular complexity index is 1290. The second-order valence-corrected chi connectivity index (χ2v) is 8.91. The maximum Gasteiger partial charge on any atom is 0.235 e. The first kappa shape index (κ1) is 23.5. The number of rotatable bonds is 8. The zero-order chi connectivity index (χ0) is 24.7. The number of halogens is 1. The van der Waals surface area contributed by atoms with Crippen molar-refractivity contribution in [3.63, 3.8) is 0 Å². The highest BCUT2D eigenvalue weighted by molar-refractivity contribution is 6.01. The van der Waals surface area contributed by atoms with Gasteiger partial charge in [-0.05, 0) is 22.8 Å². The van der Waals surface area contributed by atoms with E-state index in [0.29, 0.717) is 30.8 Å². The first-order chi connectivity index (χ1) is 17.7. The third-order valence-corrected chi connectivity index (χ3v) is 6.38. The van der Waals surface area contributed by atoms with Gasteiger partial charge < -0.3 is 9.74 Å². The van der Waals surface area contributed by atoms with Gasteiger partial charge in [-0.25, -0.2) is 4.39 Å². The molecule has 0 aliphatic carbocycles. The summed E-state index contributed by atoms with van der Waals surface area (Å²) in [5.41, 5.74) is 3.89. The van der Waals surface area contributed by atoms with Crippen molar-refractivity contribution >= 4 is 11.6 Å². The van der Waals surface area contributed by atoms with Gasteiger partial charge in [-0.3, -0.25) is 4.79 Å². The van der Waals surface area contributed by atoms with E-state index in [9.17, 15) is 9.18 Å². The molecule has 0 spiro atoms. The summed E-state index contributed by atoms with van der Waals surface area (Å²) in [4.78, 5) is 21.8. The smallest absolute Gasteiger partial charge is 0.235 e. The molecule has 0 bridgehead atoms. The van der Waals surface area contributed by atoms with Crippen molar-refractivity contribution in [2.45, 2.75) is 25.0 Å². The summed E-state index contributed by atoms with van der Waals surface area (Å²) in [6.07, 6.45) is 0.0698. The molecule has 1 aliphatic heterocycles. The van der Waals surface area contributed by atoms with Gasteiger partial charge in [-0.1, -0.05) is 114 Å². The number of hydrogen-bond donors (Lipinski definition) is 0. The predicted molar refractivity (Wildman–Crippen MR) is 139 cm³/mol. The van der Waals surface area contributed by atoms with E-state index < -0.39 is 5.92 Å². The van der Waals surface area contributed by atoms with Gasteiger partial charge in [0, 0.05) is 18.5 Å². The van der Waals surface area contributed by atoms with Gasteiger partial charge in [0.25, 0.3) is 0 Å². The molecule has 4 aromatic rings. The molecule has 0 fully saturated rings. The lowest BCUT2D eigenvalue weighted by atomic mass is 9.89. The van der Waals surface area contributed by atoms with Crippen molar-refractivity contribution in [3.05, 3.63) is 143 Å². The van der Waals surface area contributed by atoms with Crippen molar-refractivity contribution in [3.8, 4) is 0 Å². The van der Waals surface area contributed by atoms with Crippen LogP contribution in [0, 0.1) is 5.82 Å². The Balaban J connectivity index is 1.43. The molecule has 180 valence electrons. The molecule has 1 aliphatic rings. The second kappa shape index (κ2) is 11.0. The predicted octanol–water partition coefficient (Wildman–Crippen LogP) is 6.18. The van der Waals surface area contributed by atoms with Crippen LogP contribution in [-0.4, -0.2) is 29.2 Å². The first-order valence-electron chi connectivity index (χ1n) is 12.1. The normalized spacial score (nSPS) is 14.8. The molecular formula is C31H27FN2O2. The number of nitrogens with zero attached hydrogens (tertiary/aromatic N) is 2. The largest absolute Gasteiger partial charge is 0.390 e. The van der Waals surface area contributed by atoms with Crippen molar-refractivity contribution in [2.24, 2.45) is 5.16 Å². The summed E-state index contributed by atoms with van der Waals surface area (Å²) in [6.45, 7) is 0.774. The summed E-state index contributed by atoms with van der Waals surface area (Å²) in [5.74, 6) is -0.797. The quantitative estimate of drug-likeness (QED) is 0.304. The number of carbonyl (C=O) groups excluding carboxylic acids is 1. The molecule has 5 heteroatoms. The van der Waals surface area contributed by atoms with Crippen LogP contribution < -0.4 is 0 Å². The number of hydrogen-bond acceptors (Lipinski definition) is 3. The molecule has 0 radical (unpaired) electrons. The lowest BCUT2D eigenvalue weighted by Crippen LogP contribution is -2.40. The van der Waals surface area contributed by atoms with Crippen LogP contribution in [-0.2, 0) is 16.2 Å². The van der Waals surface area contributed by atoms with Crippen molar-refractivity contribution in [1.82, 2.24) is 4.90 Å². The Labute approximate surface area is 210 Å². The number of carbonyl (C=O) groups is 1. The van der Waals surface area contributed by atoms with E-state index in [-0.39, 0.29) is 17.8 Å². The Hall–Kier alpha value is -4.25. The highest BCUT2D eigenvalue weighted by atomic mass is 19.1. The summed E-state index contributed by atoms with van der Waals surface area (Å²) < 4.78 is 14.3. The Kier molecular flexibility index (Phi) is 7.17. The summed E-state index contributed by atoms with van der Waals surface area (Å²) >= 11 is 0. The van der Waals surface area contributed by atoms with Crippen LogP contribution in [0.3, 0.4) is 0 Å². The van der Waals surface area contributed by atoms with E-state index in [4.69, 9.17) is 4.84 Å². The van der Waals surface area contributed by atoms with E-state index in [1.54, 1.807) is 18.2 Å². The molecule has 1 heterocycles. The molecule has 0 saturated heterocycles. The van der Waals surface area contributed by atoms with Gasteiger partial charge in [0.2, 0.25) is 5.91 Å². The van der Waals surface area contributed by atoms with E-state index in [1.165, 1.54) is 6.07 Å². The third-order valence-electron chi connectivity index (χ3n) is 6.38. The highest BCUT2D eigenvalue weighted by Crippen LogP contribution is 2.29. The summed E-state index contributed by atoms with van der Waals surface area (Å²) in [5, 5.41) is 4.17. The van der Waals surface area contributed by atoms with Crippen LogP contribution in [0.2, 0.25) is 0 Å². The van der Waals surface area contributed by atoms with Crippen LogP contribution in [0.25, 0.3) is 0 Å². The monoisotopic (exact) mass is 478 g/mol. The minimum Gasteiger partial charge on any atom is -0.390 e. The van der Waals surface area contributed by atoms with Gasteiger partial charge >= 0.3 is 0 Å². The van der Waals surface area contributed by atoms with E-state index in [0.717, 1.165) is 16.7 Å². The Morgan fingerprint density at radius 1 is 0.833 bits per heavy atom. The van der Waals surface area contributed by atoms with Crippen LogP contribution in [0.1, 0.15) is 34.6 Å². The van der Waals surface area contributed by atoms with E-state index >= 15 is 0 Å². The molecule has 0 N–H and O–H groups in total. The average Bonchev–Trinajstić information content (AvgIpc) is 3.39. The zero-order valence-electron chi connectivity index (χ0n) is 19.8. The van der Waals surface area contributed by atoms with Crippen molar-refractivity contribution in [2.75, 3.05) is 6.54 Å². The van der Waals surface area contributed by atoms with Gasteiger partial charge in [0.05, 0.1) is 18.2 Å². The molecule has 36 heavy (non-hydrogen) atoms. The molecule has 1 unspecified atom stereocenters. The minimum absolute atomic E-state index is 0.0146. The van der Waals surface area contributed by atoms with Crippen molar-refractivity contribution < 1.29 is 14.0 Å². The van der Waals surface area contributed by atoms with Gasteiger partial charge in [-0.2, -0.15) is 0 Å². The molecule has 4 nitrogen and oxygen atoms in total. The fourth-order valence-corrected chi connectivity index (χ4v) is 4.61. The SMILES string of the molecule is O=C(C(c1ccccc1)c1ccccc1)N(Cc1ccccc1)CC1CC(c2ccccc2F)=NO1. The Morgan fingerprint density at radius 3 is 2.00 bits per heavy atom. The maximum atomic E-state index is 14.3. The summed E-state index contributed by atoms with van der Waals surface area (Å²) in [6, 6.07) is 36.1. The number of benzene rings is 4. The third kappa shape index (κ3) is 5.36. The number of oxime groups is 1. The van der Waals surface area contributed by atoms with Crippen LogP contribution >= 0.6 is 0 Å². The highest BCUT2D eigenvalue weighted by Gasteiger charge is 2.32. The van der Waals surface area contributed by atoms with Crippen LogP contribution in [0.4, 0.5) is 4.39 Å². The molecule has 0 saturated carbocycles. The van der Waals surface area contributed by atoms with Gasteiger partial charge in [-0.15, -0.1) is 0 Å².